The summed E-state index contributed by atoms with van der Waals surface area (Å²) < 4.78 is 5.86. The third-order valence-corrected chi connectivity index (χ3v) is 5.11. The number of nitrogens with zero attached hydrogens (tertiary/aromatic N) is 1. The van der Waals surface area contributed by atoms with E-state index in [2.05, 4.69) is 30.3 Å². The molecule has 1 saturated heterocycles. The molecule has 140 valence electrons. The number of anilines is 1. The highest BCUT2D eigenvalue weighted by molar-refractivity contribution is 5.91. The van der Waals surface area contributed by atoms with Gasteiger partial charge in [0.1, 0.15) is 5.75 Å². The fraction of sp³-hybridized carbons (Fsp3) is 0.667. The van der Waals surface area contributed by atoms with Gasteiger partial charge >= 0.3 is 0 Å². The lowest BCUT2D eigenvalue weighted by Crippen LogP contribution is -2.36. The second-order valence-corrected chi connectivity index (χ2v) is 7.09. The maximum absolute atomic E-state index is 11.8. The van der Waals surface area contributed by atoms with E-state index >= 15 is 0 Å². The lowest BCUT2D eigenvalue weighted by Gasteiger charge is -2.32. The van der Waals surface area contributed by atoms with Crippen LogP contribution >= 0.6 is 0 Å². The zero-order valence-corrected chi connectivity index (χ0v) is 16.1. The molecule has 4 nitrogen and oxygen atoms in total. The van der Waals surface area contributed by atoms with Crippen molar-refractivity contribution in [2.45, 2.75) is 71.3 Å². The second kappa shape index (κ2) is 10.4. The molecular formula is C21H34N2O2. The second-order valence-electron chi connectivity index (χ2n) is 7.09. The molecule has 2 rings (SSSR count). The van der Waals surface area contributed by atoms with E-state index in [1.54, 1.807) is 0 Å². The lowest BCUT2D eigenvalue weighted by atomic mass is 9.95. The van der Waals surface area contributed by atoms with Crippen molar-refractivity contribution in [3.8, 4) is 5.75 Å². The van der Waals surface area contributed by atoms with Crippen LogP contribution in [0.3, 0.4) is 0 Å². The molecule has 1 unspecified atom stereocenters. The van der Waals surface area contributed by atoms with Crippen LogP contribution in [0.5, 0.6) is 5.75 Å². The van der Waals surface area contributed by atoms with Crippen LogP contribution in [0.25, 0.3) is 0 Å². The number of amides is 1. The molecular weight excluding hydrogens is 312 g/mol. The van der Waals surface area contributed by atoms with Gasteiger partial charge in [-0.2, -0.15) is 0 Å². The third kappa shape index (κ3) is 6.35. The van der Waals surface area contributed by atoms with Crippen LogP contribution in [0.2, 0.25) is 0 Å². The molecule has 1 aromatic carbocycles. The fourth-order valence-corrected chi connectivity index (χ4v) is 3.39. The van der Waals surface area contributed by atoms with E-state index in [0.29, 0.717) is 12.5 Å². The number of aryl methyl sites for hydroxylation is 1. The molecule has 0 bridgehead atoms. The zero-order chi connectivity index (χ0) is 18.1. The van der Waals surface area contributed by atoms with E-state index < -0.39 is 0 Å². The summed E-state index contributed by atoms with van der Waals surface area (Å²) in [5.41, 5.74) is 2.13. The topological polar surface area (TPSA) is 41.6 Å². The Bertz CT molecular complexity index is 545. The predicted molar refractivity (Wildman–Crippen MR) is 104 cm³/mol. The Hall–Kier alpha value is -1.55. The van der Waals surface area contributed by atoms with Crippen LogP contribution in [-0.4, -0.2) is 37.0 Å². The molecule has 0 radical (unpaired) electrons. The fourth-order valence-electron chi connectivity index (χ4n) is 3.39. The van der Waals surface area contributed by atoms with Crippen LogP contribution in [0.4, 0.5) is 5.69 Å². The van der Waals surface area contributed by atoms with E-state index in [4.69, 9.17) is 4.74 Å². The van der Waals surface area contributed by atoms with Crippen molar-refractivity contribution in [1.29, 1.82) is 0 Å². The van der Waals surface area contributed by atoms with Gasteiger partial charge in [-0.05, 0) is 69.5 Å². The highest BCUT2D eigenvalue weighted by Gasteiger charge is 2.19. The number of nitrogens with one attached hydrogen (secondary N) is 1. The van der Waals surface area contributed by atoms with Crippen molar-refractivity contribution in [2.24, 2.45) is 0 Å². The van der Waals surface area contributed by atoms with E-state index in [1.807, 2.05) is 19.1 Å². The minimum Gasteiger partial charge on any atom is -0.494 e. The van der Waals surface area contributed by atoms with Gasteiger partial charge in [0.2, 0.25) is 5.91 Å². The van der Waals surface area contributed by atoms with Crippen LogP contribution in [0.15, 0.2) is 18.2 Å². The molecule has 1 atom stereocenters. The Balaban J connectivity index is 2.06. The number of carbonyl (C=O) groups is 1. The minimum atomic E-state index is 0.0654. The number of unbranched alkanes of at least 4 members (excludes halogenated alkanes) is 1. The zero-order valence-electron chi connectivity index (χ0n) is 16.1. The number of likely N-dealkylation sites (tertiary alicyclic amines) is 1. The van der Waals surface area contributed by atoms with Gasteiger partial charge in [-0.15, -0.1) is 0 Å². The summed E-state index contributed by atoms with van der Waals surface area (Å²) in [5, 5.41) is 3.05. The first-order valence-electron chi connectivity index (χ1n) is 9.89. The smallest absolute Gasteiger partial charge is 0.224 e. The van der Waals surface area contributed by atoms with Gasteiger partial charge in [0, 0.05) is 18.2 Å². The summed E-state index contributed by atoms with van der Waals surface area (Å²) in [7, 11) is 2.23. The summed E-state index contributed by atoms with van der Waals surface area (Å²) in [6, 6.07) is 6.73. The Morgan fingerprint density at radius 3 is 2.88 bits per heavy atom. The van der Waals surface area contributed by atoms with E-state index in [9.17, 15) is 4.79 Å². The molecule has 0 aromatic heterocycles. The number of rotatable bonds is 9. The number of ether oxygens (including phenoxy) is 1. The van der Waals surface area contributed by atoms with E-state index in [0.717, 1.165) is 43.7 Å². The summed E-state index contributed by atoms with van der Waals surface area (Å²) in [6.07, 6.45) is 8.71. The maximum atomic E-state index is 11.8. The van der Waals surface area contributed by atoms with Crippen molar-refractivity contribution in [1.82, 2.24) is 4.90 Å². The van der Waals surface area contributed by atoms with Gasteiger partial charge in [-0.1, -0.05) is 26.7 Å². The summed E-state index contributed by atoms with van der Waals surface area (Å²) in [5.74, 6) is 0.977. The minimum absolute atomic E-state index is 0.0654. The van der Waals surface area contributed by atoms with Crippen molar-refractivity contribution in [3.05, 3.63) is 23.8 Å². The first kappa shape index (κ1) is 19.8. The SMILES string of the molecule is CCCCOc1ccc(NC(=O)CC)c(CCC2CCCCN2C)c1. The summed E-state index contributed by atoms with van der Waals surface area (Å²) in [6.45, 7) is 6.00. The highest BCUT2D eigenvalue weighted by atomic mass is 16.5. The average Bonchev–Trinajstić information content (AvgIpc) is 2.62. The number of piperidine rings is 1. The van der Waals surface area contributed by atoms with Gasteiger partial charge < -0.3 is 15.0 Å². The number of hydrogen-bond donors (Lipinski definition) is 1. The third-order valence-electron chi connectivity index (χ3n) is 5.11. The van der Waals surface area contributed by atoms with Crippen molar-refractivity contribution in [3.63, 3.8) is 0 Å². The van der Waals surface area contributed by atoms with Crippen LogP contribution < -0.4 is 10.1 Å². The molecule has 1 aromatic rings. The van der Waals surface area contributed by atoms with Crippen LogP contribution in [0.1, 0.15) is 64.4 Å². The normalized spacial score (nSPS) is 18.1. The van der Waals surface area contributed by atoms with Crippen molar-refractivity contribution < 1.29 is 9.53 Å². The van der Waals surface area contributed by atoms with Crippen molar-refractivity contribution in [2.75, 3.05) is 25.5 Å². The van der Waals surface area contributed by atoms with Gasteiger partial charge in [0.15, 0.2) is 0 Å². The van der Waals surface area contributed by atoms with E-state index in [1.165, 1.54) is 31.4 Å². The first-order valence-corrected chi connectivity index (χ1v) is 9.89. The van der Waals surface area contributed by atoms with Gasteiger partial charge in [0.05, 0.1) is 6.61 Å². The Labute approximate surface area is 152 Å². The van der Waals surface area contributed by atoms with Gasteiger partial charge in [-0.3, -0.25) is 4.79 Å². The molecule has 25 heavy (non-hydrogen) atoms. The molecule has 0 saturated carbocycles. The predicted octanol–water partition coefficient (Wildman–Crippen LogP) is 4.63. The highest BCUT2D eigenvalue weighted by Crippen LogP contribution is 2.27. The standard InChI is InChI=1S/C21H34N2O2/c1-4-6-15-25-19-12-13-20(22-21(24)5-2)17(16-19)10-11-18-9-7-8-14-23(18)3/h12-13,16,18H,4-11,14-15H2,1-3H3,(H,22,24). The number of benzene rings is 1. The van der Waals surface area contributed by atoms with Gasteiger partial charge in [-0.25, -0.2) is 0 Å². The van der Waals surface area contributed by atoms with E-state index in [-0.39, 0.29) is 5.91 Å². The molecule has 1 aliphatic rings. The van der Waals surface area contributed by atoms with Crippen LogP contribution in [0, 0.1) is 0 Å². The monoisotopic (exact) mass is 346 g/mol. The summed E-state index contributed by atoms with van der Waals surface area (Å²) in [4.78, 5) is 14.3. The quantitative estimate of drug-likeness (QED) is 0.663. The Morgan fingerprint density at radius 2 is 2.16 bits per heavy atom. The van der Waals surface area contributed by atoms with Crippen molar-refractivity contribution >= 4 is 11.6 Å². The number of hydrogen-bond acceptors (Lipinski definition) is 3. The molecule has 1 amide bonds. The molecule has 1 heterocycles. The first-order chi connectivity index (χ1) is 12.1. The molecule has 0 aliphatic carbocycles. The largest absolute Gasteiger partial charge is 0.494 e. The number of carbonyl (C=O) groups excluding carboxylic acids is 1. The lowest BCUT2D eigenvalue weighted by molar-refractivity contribution is -0.115. The Kier molecular flexibility index (Phi) is 8.26. The molecule has 1 fully saturated rings. The average molecular weight is 347 g/mol. The molecule has 1 aliphatic heterocycles. The molecule has 4 heteroatoms. The maximum Gasteiger partial charge on any atom is 0.224 e. The van der Waals surface area contributed by atoms with Crippen LogP contribution in [-0.2, 0) is 11.2 Å². The Morgan fingerprint density at radius 1 is 1.32 bits per heavy atom. The summed E-state index contributed by atoms with van der Waals surface area (Å²) >= 11 is 0. The van der Waals surface area contributed by atoms with Gasteiger partial charge in [0.25, 0.3) is 0 Å². The molecule has 1 N–H and O–H groups in total. The molecule has 0 spiro atoms.